The molecular formula is C16H20ClFN2O3. The quantitative estimate of drug-likeness (QED) is 0.797. The molecule has 0 spiro atoms. The normalized spacial score (nSPS) is 13.1. The van der Waals surface area contributed by atoms with Crippen LogP contribution >= 0.6 is 11.6 Å². The fraction of sp³-hybridized carbons (Fsp3) is 0.438. The van der Waals surface area contributed by atoms with Crippen molar-refractivity contribution in [1.82, 2.24) is 10.3 Å². The zero-order valence-corrected chi connectivity index (χ0v) is 14.0. The van der Waals surface area contributed by atoms with E-state index >= 15 is 0 Å². The maximum Gasteiger partial charge on any atom is 0.407 e. The molecule has 0 aliphatic carbocycles. The Morgan fingerprint density at radius 2 is 2.22 bits per heavy atom. The molecule has 1 heterocycles. The number of carbonyl (C=O) groups is 1. The summed E-state index contributed by atoms with van der Waals surface area (Å²) in [4.78, 5) is 14.8. The van der Waals surface area contributed by atoms with Crippen LogP contribution in [0.25, 0.3) is 10.9 Å². The standard InChI is InChI=1S/C16H20ClFN2O3/c1-16(2,3)23-15(22)20-10(8-21)6-9-7-12(18)13(17)11-4-5-19-14(9)11/h4-5,7,10,19,21H,6,8H2,1-3H3,(H,20,22). The zero-order chi connectivity index (χ0) is 17.2. The van der Waals surface area contributed by atoms with Crippen molar-refractivity contribution < 1.29 is 19.0 Å². The number of fused-ring (bicyclic) bond motifs is 1. The molecule has 126 valence electrons. The van der Waals surface area contributed by atoms with E-state index in [1.54, 1.807) is 33.0 Å². The Kier molecular flexibility index (Phi) is 5.16. The molecule has 1 amide bonds. The number of rotatable bonds is 4. The summed E-state index contributed by atoms with van der Waals surface area (Å²) in [5.41, 5.74) is 0.659. The molecule has 7 heteroatoms. The van der Waals surface area contributed by atoms with Crippen LogP contribution in [-0.4, -0.2) is 34.4 Å². The number of alkyl carbamates (subject to hydrolysis) is 1. The minimum Gasteiger partial charge on any atom is -0.444 e. The number of benzene rings is 1. The van der Waals surface area contributed by atoms with E-state index in [2.05, 4.69) is 10.3 Å². The smallest absolute Gasteiger partial charge is 0.407 e. The lowest BCUT2D eigenvalue weighted by Crippen LogP contribution is -2.42. The number of hydrogen-bond donors (Lipinski definition) is 3. The Balaban J connectivity index is 2.18. The summed E-state index contributed by atoms with van der Waals surface area (Å²) >= 11 is 5.93. The van der Waals surface area contributed by atoms with Crippen LogP contribution in [0.1, 0.15) is 26.3 Å². The number of aliphatic hydroxyl groups is 1. The number of hydrogen-bond acceptors (Lipinski definition) is 3. The number of aromatic nitrogens is 1. The second-order valence-corrected chi connectivity index (χ2v) is 6.71. The molecule has 0 radical (unpaired) electrons. The molecule has 0 aliphatic heterocycles. The van der Waals surface area contributed by atoms with Gasteiger partial charge >= 0.3 is 6.09 Å². The van der Waals surface area contributed by atoms with E-state index in [9.17, 15) is 14.3 Å². The summed E-state index contributed by atoms with van der Waals surface area (Å²) in [7, 11) is 0. The number of aliphatic hydroxyl groups excluding tert-OH is 1. The average molecular weight is 343 g/mol. The van der Waals surface area contributed by atoms with Crippen LogP contribution in [0.4, 0.5) is 9.18 Å². The van der Waals surface area contributed by atoms with Gasteiger partial charge in [-0.05, 0) is 44.9 Å². The highest BCUT2D eigenvalue weighted by molar-refractivity contribution is 6.35. The van der Waals surface area contributed by atoms with Gasteiger partial charge in [-0.2, -0.15) is 0 Å². The van der Waals surface area contributed by atoms with Crippen LogP contribution in [0.15, 0.2) is 18.3 Å². The largest absolute Gasteiger partial charge is 0.444 e. The maximum atomic E-state index is 13.9. The molecule has 1 unspecified atom stereocenters. The van der Waals surface area contributed by atoms with Crippen LogP contribution in [0.2, 0.25) is 5.02 Å². The topological polar surface area (TPSA) is 74.3 Å². The van der Waals surface area contributed by atoms with Gasteiger partial charge in [0.25, 0.3) is 0 Å². The van der Waals surface area contributed by atoms with Crippen molar-refractivity contribution in [3.63, 3.8) is 0 Å². The lowest BCUT2D eigenvalue weighted by Gasteiger charge is -2.23. The Bertz CT molecular complexity index is 709. The van der Waals surface area contributed by atoms with Crippen molar-refractivity contribution in [2.24, 2.45) is 0 Å². The summed E-state index contributed by atoms with van der Waals surface area (Å²) in [6.45, 7) is 4.94. The van der Waals surface area contributed by atoms with E-state index in [-0.39, 0.29) is 18.1 Å². The van der Waals surface area contributed by atoms with Gasteiger partial charge in [0, 0.05) is 11.6 Å². The van der Waals surface area contributed by atoms with Crippen LogP contribution in [0.3, 0.4) is 0 Å². The Hall–Kier alpha value is -1.79. The summed E-state index contributed by atoms with van der Waals surface area (Å²) in [6.07, 6.45) is 1.27. The van der Waals surface area contributed by atoms with Gasteiger partial charge in [-0.25, -0.2) is 9.18 Å². The van der Waals surface area contributed by atoms with Crippen LogP contribution < -0.4 is 5.32 Å². The fourth-order valence-corrected chi connectivity index (χ4v) is 2.51. The van der Waals surface area contributed by atoms with Crippen molar-refractivity contribution in [3.8, 4) is 0 Å². The number of carbonyl (C=O) groups excluding carboxylic acids is 1. The van der Waals surface area contributed by atoms with Crippen LogP contribution in [0, 0.1) is 5.82 Å². The predicted molar refractivity (Wildman–Crippen MR) is 87.2 cm³/mol. The summed E-state index contributed by atoms with van der Waals surface area (Å²) in [5, 5.41) is 12.7. The second-order valence-electron chi connectivity index (χ2n) is 6.33. The first-order valence-corrected chi connectivity index (χ1v) is 7.63. The van der Waals surface area contributed by atoms with E-state index in [1.807, 2.05) is 0 Å². The highest BCUT2D eigenvalue weighted by Gasteiger charge is 2.21. The Morgan fingerprint density at radius 3 is 2.83 bits per heavy atom. The van der Waals surface area contributed by atoms with Gasteiger partial charge in [-0.15, -0.1) is 0 Å². The molecule has 1 aromatic carbocycles. The third-order valence-corrected chi connectivity index (χ3v) is 3.61. The maximum absolute atomic E-state index is 13.9. The van der Waals surface area contributed by atoms with Gasteiger partial charge in [0.2, 0.25) is 0 Å². The van der Waals surface area contributed by atoms with E-state index in [4.69, 9.17) is 16.3 Å². The van der Waals surface area contributed by atoms with Crippen molar-refractivity contribution in [2.45, 2.75) is 38.8 Å². The third-order valence-electron chi connectivity index (χ3n) is 3.22. The van der Waals surface area contributed by atoms with Gasteiger partial charge < -0.3 is 20.1 Å². The minimum absolute atomic E-state index is 0.0469. The molecule has 1 atom stereocenters. The van der Waals surface area contributed by atoms with Gasteiger partial charge in [0.15, 0.2) is 0 Å². The molecule has 0 saturated carbocycles. The number of ether oxygens (including phenoxy) is 1. The Morgan fingerprint density at radius 1 is 1.52 bits per heavy atom. The van der Waals surface area contributed by atoms with Gasteiger partial charge in [-0.3, -0.25) is 0 Å². The van der Waals surface area contributed by atoms with Crippen molar-refractivity contribution >= 4 is 28.6 Å². The fourth-order valence-electron chi connectivity index (χ4n) is 2.30. The highest BCUT2D eigenvalue weighted by Crippen LogP contribution is 2.29. The molecular weight excluding hydrogens is 323 g/mol. The first kappa shape index (κ1) is 17.6. The van der Waals surface area contributed by atoms with Crippen molar-refractivity contribution in [1.29, 1.82) is 0 Å². The van der Waals surface area contributed by atoms with Crippen LogP contribution in [0.5, 0.6) is 0 Å². The molecule has 2 aromatic rings. The lowest BCUT2D eigenvalue weighted by molar-refractivity contribution is 0.0483. The van der Waals surface area contributed by atoms with E-state index in [0.29, 0.717) is 16.5 Å². The van der Waals surface area contributed by atoms with Gasteiger partial charge in [0.05, 0.1) is 23.2 Å². The van der Waals surface area contributed by atoms with Gasteiger partial charge in [0.1, 0.15) is 11.4 Å². The highest BCUT2D eigenvalue weighted by atomic mass is 35.5. The number of halogens is 2. The van der Waals surface area contributed by atoms with E-state index in [1.165, 1.54) is 6.07 Å². The molecule has 2 rings (SSSR count). The van der Waals surface area contributed by atoms with Crippen LogP contribution in [-0.2, 0) is 11.2 Å². The third kappa shape index (κ3) is 4.36. The summed E-state index contributed by atoms with van der Waals surface area (Å²) in [6, 6.07) is 2.39. The lowest BCUT2D eigenvalue weighted by atomic mass is 10.0. The van der Waals surface area contributed by atoms with E-state index < -0.39 is 23.6 Å². The predicted octanol–water partition coefficient (Wildman–Crippen LogP) is 3.39. The monoisotopic (exact) mass is 342 g/mol. The molecule has 0 aliphatic rings. The SMILES string of the molecule is CC(C)(C)OC(=O)NC(CO)Cc1cc(F)c(Cl)c2cc[nH]c12. The molecule has 1 aromatic heterocycles. The number of aromatic amines is 1. The first-order chi connectivity index (χ1) is 10.7. The minimum atomic E-state index is -0.636. The number of H-pyrrole nitrogens is 1. The molecule has 23 heavy (non-hydrogen) atoms. The van der Waals surface area contributed by atoms with Crippen molar-refractivity contribution in [3.05, 3.63) is 34.7 Å². The summed E-state index contributed by atoms with van der Waals surface area (Å²) in [5.74, 6) is -0.539. The zero-order valence-electron chi connectivity index (χ0n) is 13.2. The first-order valence-electron chi connectivity index (χ1n) is 7.25. The molecule has 0 fully saturated rings. The molecule has 0 saturated heterocycles. The average Bonchev–Trinajstić information content (AvgIpc) is 2.91. The molecule has 5 nitrogen and oxygen atoms in total. The molecule has 0 bridgehead atoms. The Labute approximate surface area is 138 Å². The number of amides is 1. The summed E-state index contributed by atoms with van der Waals surface area (Å²) < 4.78 is 19.1. The van der Waals surface area contributed by atoms with Crippen molar-refractivity contribution in [2.75, 3.05) is 6.61 Å². The van der Waals surface area contributed by atoms with Gasteiger partial charge in [-0.1, -0.05) is 11.6 Å². The number of nitrogens with one attached hydrogen (secondary N) is 2. The second kappa shape index (κ2) is 6.76. The van der Waals surface area contributed by atoms with E-state index in [0.717, 1.165) is 0 Å². The molecule has 3 N–H and O–H groups in total.